The molecule has 2 saturated carbocycles. The number of hydrogen-bond donors (Lipinski definition) is 1. The van der Waals surface area contributed by atoms with Crippen LogP contribution in [0.25, 0.3) is 0 Å². The molecule has 2 N–H and O–H groups in total. The van der Waals surface area contributed by atoms with Crippen LogP contribution in [0.5, 0.6) is 0 Å². The van der Waals surface area contributed by atoms with Crippen molar-refractivity contribution in [2.75, 3.05) is 20.3 Å². The minimum atomic E-state index is -0.545. The number of carbonyl (C=O) groups excluding carboxylic acids is 1. The molecule has 16 heavy (non-hydrogen) atoms. The third-order valence-corrected chi connectivity index (χ3v) is 3.81. The van der Waals surface area contributed by atoms with E-state index in [0.717, 1.165) is 12.8 Å². The van der Waals surface area contributed by atoms with E-state index >= 15 is 0 Å². The predicted molar refractivity (Wildman–Crippen MR) is 61.9 cm³/mol. The lowest BCUT2D eigenvalue weighted by atomic mass is 10.1. The van der Waals surface area contributed by atoms with Gasteiger partial charge in [-0.15, -0.1) is 0 Å². The Bertz CT molecular complexity index is 272. The van der Waals surface area contributed by atoms with Gasteiger partial charge >= 0.3 is 0 Å². The van der Waals surface area contributed by atoms with Gasteiger partial charge in [-0.3, -0.25) is 4.79 Å². The highest BCUT2D eigenvalue weighted by Gasteiger charge is 2.50. The van der Waals surface area contributed by atoms with E-state index in [0.29, 0.717) is 25.1 Å². The van der Waals surface area contributed by atoms with Crippen molar-refractivity contribution in [3.8, 4) is 0 Å². The Morgan fingerprint density at radius 1 is 1.56 bits per heavy atom. The molecule has 0 heterocycles. The molecule has 1 unspecified atom stereocenters. The summed E-state index contributed by atoms with van der Waals surface area (Å²) >= 11 is 0. The first kappa shape index (κ1) is 11.9. The van der Waals surface area contributed by atoms with E-state index in [-0.39, 0.29) is 5.91 Å². The summed E-state index contributed by atoms with van der Waals surface area (Å²) in [5.74, 6) is 0.812. The minimum Gasteiger partial charge on any atom is -0.383 e. The minimum absolute atomic E-state index is 0.129. The van der Waals surface area contributed by atoms with Crippen molar-refractivity contribution in [3.05, 3.63) is 0 Å². The van der Waals surface area contributed by atoms with E-state index in [1.807, 2.05) is 4.90 Å². The van der Waals surface area contributed by atoms with Crippen molar-refractivity contribution in [2.45, 2.75) is 44.2 Å². The maximum Gasteiger partial charge on any atom is 0.242 e. The fourth-order valence-electron chi connectivity index (χ4n) is 2.15. The molecule has 0 spiro atoms. The maximum atomic E-state index is 12.3. The zero-order chi connectivity index (χ0) is 11.8. The van der Waals surface area contributed by atoms with E-state index < -0.39 is 5.54 Å². The van der Waals surface area contributed by atoms with Crippen LogP contribution in [0.15, 0.2) is 0 Å². The number of nitrogens with two attached hydrogens (primary N) is 1. The number of amides is 1. The van der Waals surface area contributed by atoms with Gasteiger partial charge in [0.2, 0.25) is 5.91 Å². The van der Waals surface area contributed by atoms with Crippen molar-refractivity contribution in [3.63, 3.8) is 0 Å². The smallest absolute Gasteiger partial charge is 0.242 e. The summed E-state index contributed by atoms with van der Waals surface area (Å²) in [6, 6.07) is 0.323. The number of rotatable bonds is 6. The molecule has 2 aliphatic rings. The van der Waals surface area contributed by atoms with Crippen molar-refractivity contribution >= 4 is 5.91 Å². The molecule has 0 aromatic rings. The summed E-state index contributed by atoms with van der Waals surface area (Å²) in [5.41, 5.74) is 5.44. The van der Waals surface area contributed by atoms with Gasteiger partial charge in [-0.25, -0.2) is 0 Å². The van der Waals surface area contributed by atoms with Gasteiger partial charge in [0.1, 0.15) is 0 Å². The molecule has 4 nitrogen and oxygen atoms in total. The second kappa shape index (κ2) is 4.34. The number of carbonyl (C=O) groups is 1. The third kappa shape index (κ3) is 2.38. The maximum absolute atomic E-state index is 12.3. The average Bonchev–Trinajstić information content (AvgIpc) is 3.12. The number of hydrogen-bond acceptors (Lipinski definition) is 3. The van der Waals surface area contributed by atoms with Crippen molar-refractivity contribution in [2.24, 2.45) is 11.7 Å². The Kier molecular flexibility index (Phi) is 3.22. The molecule has 0 aromatic heterocycles. The first-order valence-electron chi connectivity index (χ1n) is 6.17. The summed E-state index contributed by atoms with van der Waals surface area (Å²) in [7, 11) is 1.67. The summed E-state index contributed by atoms with van der Waals surface area (Å²) in [4.78, 5) is 14.2. The molecule has 0 saturated heterocycles. The van der Waals surface area contributed by atoms with Crippen LogP contribution in [-0.4, -0.2) is 42.6 Å². The van der Waals surface area contributed by atoms with E-state index in [4.69, 9.17) is 10.5 Å². The number of nitrogens with zero attached hydrogens (tertiary/aromatic N) is 1. The summed E-state index contributed by atoms with van der Waals surface area (Å²) < 4.78 is 5.07. The Hall–Kier alpha value is -0.610. The van der Waals surface area contributed by atoms with Crippen LogP contribution in [-0.2, 0) is 9.53 Å². The fourth-order valence-corrected chi connectivity index (χ4v) is 2.15. The van der Waals surface area contributed by atoms with Gasteiger partial charge in [0.05, 0.1) is 12.1 Å². The SMILES string of the molecule is COCCN(C(=O)C1(N)CC1)C(C)C1CC1. The molecule has 4 heteroatoms. The van der Waals surface area contributed by atoms with E-state index in [2.05, 4.69) is 6.92 Å². The molecule has 0 aromatic carbocycles. The van der Waals surface area contributed by atoms with Crippen LogP contribution in [0.3, 0.4) is 0 Å². The van der Waals surface area contributed by atoms with Gasteiger partial charge in [0.15, 0.2) is 0 Å². The Morgan fingerprint density at radius 2 is 2.19 bits per heavy atom. The lowest BCUT2D eigenvalue weighted by Crippen LogP contribution is -2.51. The van der Waals surface area contributed by atoms with Crippen molar-refractivity contribution in [1.82, 2.24) is 4.90 Å². The van der Waals surface area contributed by atoms with Crippen molar-refractivity contribution < 1.29 is 9.53 Å². The largest absolute Gasteiger partial charge is 0.383 e. The quantitative estimate of drug-likeness (QED) is 0.727. The van der Waals surface area contributed by atoms with E-state index in [1.165, 1.54) is 12.8 Å². The highest BCUT2D eigenvalue weighted by Crippen LogP contribution is 2.39. The normalized spacial score (nSPS) is 23.9. The molecule has 0 aliphatic heterocycles. The van der Waals surface area contributed by atoms with Gasteiger partial charge in [0, 0.05) is 19.7 Å². The van der Waals surface area contributed by atoms with Crippen LogP contribution >= 0.6 is 0 Å². The number of methoxy groups -OCH3 is 1. The van der Waals surface area contributed by atoms with Gasteiger partial charge in [0.25, 0.3) is 0 Å². The second-order valence-corrected chi connectivity index (χ2v) is 5.23. The molecule has 2 aliphatic carbocycles. The second-order valence-electron chi connectivity index (χ2n) is 5.23. The Balaban J connectivity index is 1.97. The van der Waals surface area contributed by atoms with Crippen molar-refractivity contribution in [1.29, 1.82) is 0 Å². The Labute approximate surface area is 97.1 Å². The monoisotopic (exact) mass is 226 g/mol. The molecular weight excluding hydrogens is 204 g/mol. The van der Waals surface area contributed by atoms with Crippen LogP contribution in [0.4, 0.5) is 0 Å². The van der Waals surface area contributed by atoms with Gasteiger partial charge < -0.3 is 15.4 Å². The highest BCUT2D eigenvalue weighted by atomic mass is 16.5. The molecular formula is C12H22N2O2. The molecule has 2 fully saturated rings. The third-order valence-electron chi connectivity index (χ3n) is 3.81. The highest BCUT2D eigenvalue weighted by molar-refractivity contribution is 5.89. The van der Waals surface area contributed by atoms with Gasteiger partial charge in [-0.1, -0.05) is 0 Å². The molecule has 1 atom stereocenters. The van der Waals surface area contributed by atoms with E-state index in [9.17, 15) is 4.79 Å². The van der Waals surface area contributed by atoms with Crippen LogP contribution in [0.1, 0.15) is 32.6 Å². The average molecular weight is 226 g/mol. The standard InChI is InChI=1S/C12H22N2O2/c1-9(10-3-4-10)14(7-8-16-2)11(15)12(13)5-6-12/h9-10H,3-8,13H2,1-2H3. The summed E-state index contributed by atoms with van der Waals surface area (Å²) in [6.07, 6.45) is 4.17. The van der Waals surface area contributed by atoms with Crippen LogP contribution in [0.2, 0.25) is 0 Å². The first-order valence-corrected chi connectivity index (χ1v) is 6.17. The van der Waals surface area contributed by atoms with Gasteiger partial charge in [-0.05, 0) is 38.5 Å². The fraction of sp³-hybridized carbons (Fsp3) is 0.917. The van der Waals surface area contributed by atoms with Crippen LogP contribution < -0.4 is 5.73 Å². The Morgan fingerprint density at radius 3 is 2.62 bits per heavy atom. The lowest BCUT2D eigenvalue weighted by molar-refractivity contribution is -0.136. The zero-order valence-electron chi connectivity index (χ0n) is 10.2. The lowest BCUT2D eigenvalue weighted by Gasteiger charge is -2.31. The summed E-state index contributed by atoms with van der Waals surface area (Å²) in [5, 5.41) is 0. The molecule has 2 rings (SSSR count). The van der Waals surface area contributed by atoms with Crippen LogP contribution in [0, 0.1) is 5.92 Å². The molecule has 0 radical (unpaired) electrons. The summed E-state index contributed by atoms with van der Waals surface area (Å²) in [6.45, 7) is 3.40. The predicted octanol–water partition coefficient (Wildman–Crippen LogP) is 0.751. The van der Waals surface area contributed by atoms with Gasteiger partial charge in [-0.2, -0.15) is 0 Å². The topological polar surface area (TPSA) is 55.6 Å². The zero-order valence-corrected chi connectivity index (χ0v) is 10.2. The first-order chi connectivity index (χ1) is 7.58. The molecule has 92 valence electrons. The molecule has 0 bridgehead atoms. The van der Waals surface area contributed by atoms with E-state index in [1.54, 1.807) is 7.11 Å². The molecule has 1 amide bonds. The number of ether oxygens (including phenoxy) is 1.